The summed E-state index contributed by atoms with van der Waals surface area (Å²) in [6, 6.07) is 29.6. The number of anilines is 1. The van der Waals surface area contributed by atoms with Gasteiger partial charge in [0.25, 0.3) is 0 Å². The van der Waals surface area contributed by atoms with Crippen LogP contribution in [-0.4, -0.2) is 141 Å². The zero-order chi connectivity index (χ0) is 57.8. The van der Waals surface area contributed by atoms with Crippen molar-refractivity contribution in [3.8, 4) is 29.1 Å². The van der Waals surface area contributed by atoms with Crippen LogP contribution in [0.4, 0.5) is 10.5 Å². The Labute approximate surface area is 474 Å². The Morgan fingerprint density at radius 1 is 0.756 bits per heavy atom. The summed E-state index contributed by atoms with van der Waals surface area (Å²) in [5.41, 5.74) is 0.663. The molecule has 5 heterocycles. The number of ether oxygens (including phenoxy) is 7. The monoisotopic (exact) mass is 1120 g/mol. The summed E-state index contributed by atoms with van der Waals surface area (Å²) in [5, 5.41) is 13.0. The maximum absolute atomic E-state index is 17.1. The number of morpholine rings is 1. The normalized spacial score (nSPS) is 22.2. The van der Waals surface area contributed by atoms with Crippen molar-refractivity contribution < 1.29 is 71.8 Å². The molecule has 0 unspecified atom stereocenters. The van der Waals surface area contributed by atoms with Gasteiger partial charge in [-0.2, -0.15) is 0 Å². The molecule has 0 radical (unpaired) electrons. The second-order valence-electron chi connectivity index (χ2n) is 20.8. The maximum Gasteiger partial charge on any atom is 0.329 e. The van der Waals surface area contributed by atoms with E-state index >= 15 is 19.2 Å². The van der Waals surface area contributed by atoms with E-state index in [4.69, 9.17) is 33.2 Å². The van der Waals surface area contributed by atoms with Gasteiger partial charge in [0.1, 0.15) is 36.0 Å². The minimum Gasteiger partial charge on any atom is -0.491 e. The topological polar surface area (TPSA) is 229 Å². The SMILES string of the molecule is COC(=O)C(CC#Cc1ccc2c(c1)[C@]1(C(=O)N2C(=O)N[C@H](C(=O)OC)C(C)C)[C@H](c2ccccc2OCCO)N2[C@H](c3ccccc3)[C@H](c3ccccc3)OC(=O)[C@H]2[C@@H]1C(=O)N1CCN(Cc2ccc3c(c2)OCO3)CC1)C(=O)OC. The first-order chi connectivity index (χ1) is 39.7. The van der Waals surface area contributed by atoms with E-state index < -0.39 is 102 Å². The van der Waals surface area contributed by atoms with E-state index in [1.165, 1.54) is 13.2 Å². The molecule has 0 saturated carbocycles. The van der Waals surface area contributed by atoms with Gasteiger partial charge in [-0.1, -0.05) is 111 Å². The molecule has 20 nitrogen and oxygen atoms in total. The van der Waals surface area contributed by atoms with E-state index in [0.717, 1.165) is 24.7 Å². The third-order valence-electron chi connectivity index (χ3n) is 15.9. The lowest BCUT2D eigenvalue weighted by atomic mass is 9.64. The fraction of sp³-hybridized carbons (Fsp3) is 0.371. The van der Waals surface area contributed by atoms with E-state index in [0.29, 0.717) is 47.8 Å². The summed E-state index contributed by atoms with van der Waals surface area (Å²) < 4.78 is 39.2. The number of imide groups is 1. The number of cyclic esters (lactones) is 1. The number of aliphatic hydroxyl groups is 1. The van der Waals surface area contributed by atoms with Crippen molar-refractivity contribution in [1.82, 2.24) is 20.0 Å². The molecule has 82 heavy (non-hydrogen) atoms. The van der Waals surface area contributed by atoms with Crippen LogP contribution in [0.5, 0.6) is 17.2 Å². The number of nitrogens with one attached hydrogen (secondary N) is 1. The fourth-order valence-corrected chi connectivity index (χ4v) is 12.2. The van der Waals surface area contributed by atoms with Gasteiger partial charge in [-0.3, -0.25) is 33.8 Å². The van der Waals surface area contributed by atoms with Crippen LogP contribution in [0.2, 0.25) is 0 Å². The van der Waals surface area contributed by atoms with E-state index in [9.17, 15) is 19.5 Å². The average Bonchev–Trinajstić information content (AvgIpc) is 2.11. The van der Waals surface area contributed by atoms with Gasteiger partial charge in [0, 0.05) is 50.3 Å². The van der Waals surface area contributed by atoms with Gasteiger partial charge in [-0.15, -0.1) is 0 Å². The van der Waals surface area contributed by atoms with Crippen molar-refractivity contribution >= 4 is 47.4 Å². The van der Waals surface area contributed by atoms with Gasteiger partial charge in [-0.05, 0) is 64.6 Å². The molecule has 7 atom stereocenters. The molecule has 5 aromatic rings. The second-order valence-corrected chi connectivity index (χ2v) is 20.8. The molecule has 3 fully saturated rings. The van der Waals surface area contributed by atoms with Crippen LogP contribution in [0.1, 0.15) is 71.8 Å². The Morgan fingerprint density at radius 2 is 1.41 bits per heavy atom. The van der Waals surface area contributed by atoms with Crippen molar-refractivity contribution in [3.63, 3.8) is 0 Å². The van der Waals surface area contributed by atoms with Crippen LogP contribution >= 0.6 is 0 Å². The zero-order valence-electron chi connectivity index (χ0n) is 46.0. The largest absolute Gasteiger partial charge is 0.491 e. The van der Waals surface area contributed by atoms with Crippen molar-refractivity contribution in [1.29, 1.82) is 0 Å². The van der Waals surface area contributed by atoms with E-state index in [2.05, 4.69) is 22.1 Å². The summed E-state index contributed by atoms with van der Waals surface area (Å²) >= 11 is 0. The number of piperazine rings is 1. The number of nitrogens with zero attached hydrogens (tertiary/aromatic N) is 4. The third-order valence-corrected chi connectivity index (χ3v) is 15.9. The minimum absolute atomic E-state index is 0.0107. The highest BCUT2D eigenvalue weighted by Gasteiger charge is 2.76. The lowest BCUT2D eigenvalue weighted by Gasteiger charge is -2.46. The minimum atomic E-state index is -2.27. The van der Waals surface area contributed by atoms with Gasteiger partial charge < -0.3 is 48.5 Å². The summed E-state index contributed by atoms with van der Waals surface area (Å²) in [6.07, 6.45) is -1.37. The van der Waals surface area contributed by atoms with Gasteiger partial charge in [0.2, 0.25) is 18.6 Å². The first kappa shape index (κ1) is 56.5. The molecule has 426 valence electrons. The maximum atomic E-state index is 17.1. The van der Waals surface area contributed by atoms with Crippen molar-refractivity contribution in [2.24, 2.45) is 17.8 Å². The zero-order valence-corrected chi connectivity index (χ0v) is 46.0. The first-order valence-corrected chi connectivity index (χ1v) is 27.1. The molecule has 10 rings (SSSR count). The average molecular weight is 1120 g/mol. The van der Waals surface area contributed by atoms with E-state index in [1.54, 1.807) is 55.1 Å². The molecule has 0 aromatic heterocycles. The van der Waals surface area contributed by atoms with Gasteiger partial charge in [-0.25, -0.2) is 14.5 Å². The number of carbonyl (C=O) groups excluding carboxylic acids is 7. The third kappa shape index (κ3) is 10.4. The predicted molar refractivity (Wildman–Crippen MR) is 294 cm³/mol. The Morgan fingerprint density at radius 3 is 2.09 bits per heavy atom. The smallest absolute Gasteiger partial charge is 0.329 e. The number of carbonyl (C=O) groups is 7. The predicted octanol–water partition coefficient (Wildman–Crippen LogP) is 5.41. The summed E-state index contributed by atoms with van der Waals surface area (Å²) in [6.45, 7) is 4.59. The Bertz CT molecular complexity index is 3310. The molecule has 20 heteroatoms. The summed E-state index contributed by atoms with van der Waals surface area (Å²) in [5.74, 6) is -0.986. The van der Waals surface area contributed by atoms with E-state index in [-0.39, 0.29) is 55.5 Å². The van der Waals surface area contributed by atoms with Crippen LogP contribution in [0.3, 0.4) is 0 Å². The highest BCUT2D eigenvalue weighted by Crippen LogP contribution is 2.67. The Hall–Kier alpha value is -8.77. The first-order valence-electron chi connectivity index (χ1n) is 27.1. The Kier molecular flexibility index (Phi) is 16.6. The quantitative estimate of drug-likeness (QED) is 0.0578. The number of amides is 4. The highest BCUT2D eigenvalue weighted by atomic mass is 16.7. The molecule has 0 aliphatic carbocycles. The molecule has 5 aliphatic heterocycles. The van der Waals surface area contributed by atoms with Crippen LogP contribution in [0.15, 0.2) is 121 Å². The van der Waals surface area contributed by atoms with Crippen LogP contribution < -0.4 is 24.4 Å². The van der Waals surface area contributed by atoms with Gasteiger partial charge >= 0.3 is 29.9 Å². The lowest BCUT2D eigenvalue weighted by Crippen LogP contribution is -2.59. The van der Waals surface area contributed by atoms with E-state index in [1.807, 2.05) is 83.8 Å². The van der Waals surface area contributed by atoms with Crippen molar-refractivity contribution in [2.75, 3.05) is 72.4 Å². The molecule has 3 saturated heterocycles. The number of hydrogen-bond donors (Lipinski definition) is 2. The van der Waals surface area contributed by atoms with Crippen LogP contribution in [0, 0.1) is 29.6 Å². The number of hydrogen-bond acceptors (Lipinski definition) is 17. The summed E-state index contributed by atoms with van der Waals surface area (Å²) in [7, 11) is 3.46. The standard InChI is InChI=1S/C62H63N5O15/c1-37(2)50(58(72)78-5)63-61(75)66-45-25-23-38(15-14-21-43(56(70)76-3)57(71)77-4)33-44(45)62(60(66)74)49(55(69)65-29-27-64(28-30-65)35-39-24-26-47-48(34-39)81-36-80-47)52-59(73)82-53(41-18-10-7-11-19-41)51(40-16-8-6-9-17-40)67(52)54(62)42-20-12-13-22-46(42)79-32-31-68/h6-13,16-20,22-26,33-34,37,43,49-54,68H,21,27-32,35-36H2,1-5H3,(H,63,75)/t49-,50+,51-,52-,53+,54+,62-/m1/s1. The molecule has 5 aromatic carbocycles. The number of methoxy groups -OCH3 is 3. The number of aliphatic hydroxyl groups excluding tert-OH is 1. The molecular weight excluding hydrogens is 1050 g/mol. The summed E-state index contributed by atoms with van der Waals surface area (Å²) in [4.78, 5) is 111. The number of para-hydroxylation sites is 1. The second kappa shape index (κ2) is 24.1. The van der Waals surface area contributed by atoms with Crippen molar-refractivity contribution in [2.45, 2.75) is 62.5 Å². The number of urea groups is 1. The van der Waals surface area contributed by atoms with Gasteiger partial charge in [0.15, 0.2) is 17.4 Å². The number of esters is 4. The molecule has 5 aliphatic rings. The number of rotatable bonds is 15. The van der Waals surface area contributed by atoms with Crippen LogP contribution in [0.25, 0.3) is 0 Å². The van der Waals surface area contributed by atoms with Gasteiger partial charge in [0.05, 0.1) is 51.6 Å². The molecular formula is C62H63N5O15. The fourth-order valence-electron chi connectivity index (χ4n) is 12.2. The molecule has 2 N–H and O–H groups in total. The Balaban J connectivity index is 1.22. The van der Waals surface area contributed by atoms with Crippen LogP contribution in [-0.2, 0) is 59.7 Å². The number of benzene rings is 5. The molecule has 1 spiro atoms. The molecule has 4 amide bonds. The highest BCUT2D eigenvalue weighted by molar-refractivity contribution is 6.25. The number of fused-ring (bicyclic) bond motifs is 4. The lowest BCUT2D eigenvalue weighted by molar-refractivity contribution is -0.179. The van der Waals surface area contributed by atoms with Crippen molar-refractivity contribution in [3.05, 3.63) is 155 Å². The molecule has 0 bridgehead atoms.